The third-order valence-electron chi connectivity index (χ3n) is 3.70. The van der Waals surface area contributed by atoms with E-state index in [0.717, 1.165) is 5.56 Å². The van der Waals surface area contributed by atoms with Crippen LogP contribution in [0.5, 0.6) is 11.5 Å². The summed E-state index contributed by atoms with van der Waals surface area (Å²) >= 11 is 0. The molecular weight excluding hydrogens is 274 g/mol. The molecule has 0 aliphatic heterocycles. The van der Waals surface area contributed by atoms with Crippen molar-refractivity contribution in [2.24, 2.45) is 11.8 Å². The lowest BCUT2D eigenvalue weighted by molar-refractivity contribution is -0.141. The molecule has 0 unspecified atom stereocenters. The summed E-state index contributed by atoms with van der Waals surface area (Å²) in [6.07, 6.45) is 0.429. The second-order valence-corrected chi connectivity index (χ2v) is 5.16. The molecule has 6 nitrogen and oxygen atoms in total. The smallest absolute Gasteiger partial charge is 0.307 e. The van der Waals surface area contributed by atoms with Gasteiger partial charge in [-0.15, -0.1) is 0 Å². The van der Waals surface area contributed by atoms with Crippen molar-refractivity contribution in [2.75, 3.05) is 21.3 Å². The Kier molecular flexibility index (Phi) is 4.35. The van der Waals surface area contributed by atoms with Gasteiger partial charge in [-0.25, -0.2) is 0 Å². The number of nitrogens with zero attached hydrogens (tertiary/aromatic N) is 1. The van der Waals surface area contributed by atoms with E-state index in [4.69, 9.17) is 14.6 Å². The number of carbonyl (C=O) groups excluding carboxylic acids is 1. The van der Waals surface area contributed by atoms with Gasteiger partial charge in [-0.1, -0.05) is 0 Å². The summed E-state index contributed by atoms with van der Waals surface area (Å²) in [6.45, 7) is 0.370. The van der Waals surface area contributed by atoms with Crippen molar-refractivity contribution in [3.63, 3.8) is 0 Å². The maximum absolute atomic E-state index is 12.1. The van der Waals surface area contributed by atoms with E-state index in [0.29, 0.717) is 24.5 Å². The summed E-state index contributed by atoms with van der Waals surface area (Å²) in [7, 11) is 4.80. The number of hydrogen-bond acceptors (Lipinski definition) is 4. The van der Waals surface area contributed by atoms with E-state index in [1.54, 1.807) is 33.4 Å². The number of methoxy groups -OCH3 is 2. The van der Waals surface area contributed by atoms with Crippen molar-refractivity contribution < 1.29 is 24.2 Å². The number of ether oxygens (including phenoxy) is 2. The van der Waals surface area contributed by atoms with Crippen LogP contribution in [0.15, 0.2) is 18.2 Å². The molecule has 1 aromatic carbocycles. The second kappa shape index (κ2) is 6.03. The third kappa shape index (κ3) is 3.26. The Balaban J connectivity index is 2.04. The number of benzene rings is 1. The van der Waals surface area contributed by atoms with Crippen LogP contribution in [-0.2, 0) is 16.1 Å². The SMILES string of the molecule is COc1ccc(CN(C)C(=O)[C@H]2C[C@@H]2C(=O)O)c(OC)c1. The zero-order valence-electron chi connectivity index (χ0n) is 12.3. The van der Waals surface area contributed by atoms with Crippen LogP contribution in [0, 0.1) is 11.8 Å². The first-order chi connectivity index (χ1) is 9.97. The average molecular weight is 293 g/mol. The lowest BCUT2D eigenvalue weighted by Gasteiger charge is -2.19. The van der Waals surface area contributed by atoms with E-state index >= 15 is 0 Å². The molecule has 0 heterocycles. The van der Waals surface area contributed by atoms with E-state index in [2.05, 4.69) is 0 Å². The van der Waals surface area contributed by atoms with Crippen molar-refractivity contribution in [2.45, 2.75) is 13.0 Å². The molecule has 1 aliphatic carbocycles. The highest BCUT2D eigenvalue weighted by Gasteiger charge is 2.49. The van der Waals surface area contributed by atoms with Gasteiger partial charge in [0.25, 0.3) is 0 Å². The van der Waals surface area contributed by atoms with Crippen LogP contribution in [0.4, 0.5) is 0 Å². The van der Waals surface area contributed by atoms with Gasteiger partial charge in [-0.05, 0) is 18.6 Å². The molecule has 1 fully saturated rings. The fraction of sp³-hybridized carbons (Fsp3) is 0.467. The van der Waals surface area contributed by atoms with Crippen molar-refractivity contribution in [3.05, 3.63) is 23.8 Å². The number of carboxylic acid groups (broad SMARTS) is 1. The van der Waals surface area contributed by atoms with E-state index in [1.165, 1.54) is 4.90 Å². The lowest BCUT2D eigenvalue weighted by atomic mass is 10.1. The minimum absolute atomic E-state index is 0.139. The van der Waals surface area contributed by atoms with Crippen molar-refractivity contribution in [1.82, 2.24) is 4.90 Å². The molecule has 21 heavy (non-hydrogen) atoms. The minimum Gasteiger partial charge on any atom is -0.497 e. The van der Waals surface area contributed by atoms with Gasteiger partial charge in [0.05, 0.1) is 26.1 Å². The maximum Gasteiger partial charge on any atom is 0.307 e. The molecule has 1 aromatic rings. The zero-order chi connectivity index (χ0) is 15.6. The molecule has 2 atom stereocenters. The van der Waals surface area contributed by atoms with E-state index in [-0.39, 0.29) is 5.91 Å². The van der Waals surface area contributed by atoms with Crippen LogP contribution in [0.3, 0.4) is 0 Å². The number of rotatable bonds is 6. The Morgan fingerprint density at radius 2 is 2.00 bits per heavy atom. The van der Waals surface area contributed by atoms with Crippen LogP contribution in [0.2, 0.25) is 0 Å². The van der Waals surface area contributed by atoms with Gasteiger partial charge in [0.1, 0.15) is 11.5 Å². The Bertz CT molecular complexity index is 557. The molecule has 0 saturated heterocycles. The molecular formula is C15H19NO5. The number of carboxylic acids is 1. The fourth-order valence-electron chi connectivity index (χ4n) is 2.34. The van der Waals surface area contributed by atoms with Gasteiger partial charge in [-0.2, -0.15) is 0 Å². The Morgan fingerprint density at radius 3 is 2.52 bits per heavy atom. The normalized spacial score (nSPS) is 19.8. The lowest BCUT2D eigenvalue weighted by Crippen LogP contribution is -2.29. The highest BCUT2D eigenvalue weighted by atomic mass is 16.5. The quantitative estimate of drug-likeness (QED) is 0.857. The molecule has 2 rings (SSSR count). The monoisotopic (exact) mass is 293 g/mol. The van der Waals surface area contributed by atoms with E-state index in [1.807, 2.05) is 6.07 Å². The molecule has 1 amide bonds. The number of aliphatic carboxylic acids is 1. The highest BCUT2D eigenvalue weighted by Crippen LogP contribution is 2.40. The highest BCUT2D eigenvalue weighted by molar-refractivity contribution is 5.89. The van der Waals surface area contributed by atoms with Crippen molar-refractivity contribution in [1.29, 1.82) is 0 Å². The molecule has 1 aliphatic rings. The summed E-state index contributed by atoms with van der Waals surface area (Å²) in [5.74, 6) is -0.643. The molecule has 6 heteroatoms. The van der Waals surface area contributed by atoms with Crippen LogP contribution >= 0.6 is 0 Å². The first-order valence-corrected chi connectivity index (χ1v) is 6.66. The second-order valence-electron chi connectivity index (χ2n) is 5.16. The minimum atomic E-state index is -0.899. The molecule has 0 aromatic heterocycles. The number of hydrogen-bond donors (Lipinski definition) is 1. The summed E-state index contributed by atoms with van der Waals surface area (Å²) < 4.78 is 10.4. The third-order valence-corrected chi connectivity index (χ3v) is 3.70. The number of carbonyl (C=O) groups is 2. The van der Waals surface area contributed by atoms with Crippen LogP contribution in [0.1, 0.15) is 12.0 Å². The number of amides is 1. The van der Waals surface area contributed by atoms with Gasteiger partial charge >= 0.3 is 5.97 Å². The van der Waals surface area contributed by atoms with E-state index in [9.17, 15) is 9.59 Å². The molecule has 0 radical (unpaired) electrons. The molecule has 1 N–H and O–H groups in total. The van der Waals surface area contributed by atoms with Crippen molar-refractivity contribution >= 4 is 11.9 Å². The Hall–Kier alpha value is -2.24. The van der Waals surface area contributed by atoms with Gasteiger partial charge in [-0.3, -0.25) is 9.59 Å². The van der Waals surface area contributed by atoms with Gasteiger partial charge in [0.15, 0.2) is 0 Å². The molecule has 1 saturated carbocycles. The predicted molar refractivity (Wildman–Crippen MR) is 75.3 cm³/mol. The summed E-state index contributed by atoms with van der Waals surface area (Å²) in [5.41, 5.74) is 0.849. The predicted octanol–water partition coefficient (Wildman–Crippen LogP) is 1.38. The maximum atomic E-state index is 12.1. The van der Waals surface area contributed by atoms with Crippen LogP contribution in [0.25, 0.3) is 0 Å². The van der Waals surface area contributed by atoms with Gasteiger partial charge in [0, 0.05) is 25.2 Å². The average Bonchev–Trinajstić information content (AvgIpc) is 3.27. The Morgan fingerprint density at radius 1 is 1.29 bits per heavy atom. The Labute approximate surface area is 123 Å². The van der Waals surface area contributed by atoms with Gasteiger partial charge < -0.3 is 19.5 Å². The first-order valence-electron chi connectivity index (χ1n) is 6.66. The summed E-state index contributed by atoms with van der Waals surface area (Å²) in [5, 5.41) is 8.88. The standard InChI is InChI=1S/C15H19NO5/c1-16(14(17)11-7-12(11)15(18)19)8-9-4-5-10(20-2)6-13(9)21-3/h4-6,11-12H,7-8H2,1-3H3,(H,18,19)/t11-,12-/m0/s1. The van der Waals surface area contributed by atoms with E-state index < -0.39 is 17.8 Å². The van der Waals surface area contributed by atoms with Crippen LogP contribution in [-0.4, -0.2) is 43.2 Å². The van der Waals surface area contributed by atoms with Crippen LogP contribution < -0.4 is 9.47 Å². The molecule has 114 valence electrons. The zero-order valence-corrected chi connectivity index (χ0v) is 12.3. The summed E-state index contributed by atoms with van der Waals surface area (Å²) in [6, 6.07) is 5.39. The fourth-order valence-corrected chi connectivity index (χ4v) is 2.34. The first kappa shape index (κ1) is 15.2. The van der Waals surface area contributed by atoms with Crippen molar-refractivity contribution in [3.8, 4) is 11.5 Å². The largest absolute Gasteiger partial charge is 0.497 e. The molecule has 0 bridgehead atoms. The van der Waals surface area contributed by atoms with Gasteiger partial charge in [0.2, 0.25) is 5.91 Å². The molecule has 0 spiro atoms. The topological polar surface area (TPSA) is 76.1 Å². The summed E-state index contributed by atoms with van der Waals surface area (Å²) in [4.78, 5) is 24.5.